The second-order valence-electron chi connectivity index (χ2n) is 11.3. The number of aromatic nitrogens is 2. The predicted octanol–water partition coefficient (Wildman–Crippen LogP) is 2.37. The fourth-order valence-corrected chi connectivity index (χ4v) is 8.05. The fraction of sp³-hybridized carbons (Fsp3) is 0.692. The molecule has 5 heteroatoms. The van der Waals surface area contributed by atoms with Gasteiger partial charge in [-0.2, -0.15) is 0 Å². The topological polar surface area (TPSA) is 56.3 Å². The van der Waals surface area contributed by atoms with Gasteiger partial charge in [0.1, 0.15) is 30.7 Å². The summed E-state index contributed by atoms with van der Waals surface area (Å²) >= 11 is 0. The lowest BCUT2D eigenvalue weighted by Crippen LogP contribution is -3.13. The summed E-state index contributed by atoms with van der Waals surface area (Å²) in [6.45, 7) is 5.06. The SMILES string of the molecule is Nc1n(CC[NH+]2CCCCC2)c2ccccc2[n+]1CC(=O)C12CC3CC(CC(C3)C1)C2. The van der Waals surface area contributed by atoms with Gasteiger partial charge in [-0.05, 0) is 87.7 Å². The summed E-state index contributed by atoms with van der Waals surface area (Å²) in [5.41, 5.74) is 8.97. The van der Waals surface area contributed by atoms with Gasteiger partial charge in [-0.3, -0.25) is 10.5 Å². The van der Waals surface area contributed by atoms with E-state index in [9.17, 15) is 4.79 Å². The van der Waals surface area contributed by atoms with Crippen molar-refractivity contribution in [2.24, 2.45) is 23.2 Å². The largest absolute Gasteiger partial charge is 0.356 e. The molecule has 166 valence electrons. The number of rotatable bonds is 6. The standard InChI is InChI=1S/C26H36N4O/c27-25-29(11-10-28-8-4-1-5-9-28)22-6-2-3-7-23(22)30(25)18-24(31)26-15-19-12-20(16-26)14-21(13-19)17-26/h2-3,6-7,19-21,27H,1,4-5,8-18H2/p+2. The number of nitrogens with zero attached hydrogens (tertiary/aromatic N) is 2. The minimum absolute atomic E-state index is 0.0602. The molecule has 0 amide bonds. The molecule has 0 atom stereocenters. The molecular formula is C26H38N4O+2. The van der Waals surface area contributed by atoms with Gasteiger partial charge in [0.25, 0.3) is 0 Å². The molecule has 3 N–H and O–H groups in total. The zero-order valence-electron chi connectivity index (χ0n) is 18.8. The molecule has 7 rings (SSSR count). The molecule has 1 saturated heterocycles. The number of hydrogen-bond donors (Lipinski definition) is 2. The van der Waals surface area contributed by atoms with Crippen molar-refractivity contribution in [3.63, 3.8) is 0 Å². The molecule has 4 saturated carbocycles. The van der Waals surface area contributed by atoms with Crippen molar-refractivity contribution >= 4 is 22.8 Å². The van der Waals surface area contributed by atoms with Crippen LogP contribution in [0.4, 0.5) is 5.95 Å². The summed E-state index contributed by atoms with van der Waals surface area (Å²) in [5, 5.41) is 0. The molecule has 5 fully saturated rings. The Bertz CT molecular complexity index is 951. The van der Waals surface area contributed by atoms with Crippen LogP contribution < -0.4 is 15.2 Å². The molecule has 1 aliphatic heterocycles. The van der Waals surface area contributed by atoms with Gasteiger partial charge in [-0.25, -0.2) is 9.13 Å². The van der Waals surface area contributed by atoms with Crippen molar-refractivity contribution in [2.45, 2.75) is 70.9 Å². The molecule has 4 bridgehead atoms. The van der Waals surface area contributed by atoms with E-state index in [-0.39, 0.29) is 5.41 Å². The molecular weight excluding hydrogens is 384 g/mol. The minimum Gasteiger partial charge on any atom is -0.332 e. The van der Waals surface area contributed by atoms with E-state index in [4.69, 9.17) is 5.73 Å². The van der Waals surface area contributed by atoms with Crippen molar-refractivity contribution in [2.75, 3.05) is 25.4 Å². The fourth-order valence-electron chi connectivity index (χ4n) is 8.05. The molecule has 2 heterocycles. The van der Waals surface area contributed by atoms with Crippen molar-refractivity contribution < 1.29 is 14.3 Å². The Labute approximate surface area is 185 Å². The normalized spacial score (nSPS) is 32.7. The Hall–Kier alpha value is -1.88. The van der Waals surface area contributed by atoms with Gasteiger partial charge in [-0.15, -0.1) is 0 Å². The average molecular weight is 423 g/mol. The van der Waals surface area contributed by atoms with E-state index in [0.29, 0.717) is 12.3 Å². The second kappa shape index (κ2) is 7.61. The number of imidazole rings is 1. The summed E-state index contributed by atoms with van der Waals surface area (Å²) in [5.74, 6) is 3.60. The molecule has 0 radical (unpaired) electrons. The van der Waals surface area contributed by atoms with Gasteiger partial charge in [0.2, 0.25) is 0 Å². The first-order chi connectivity index (χ1) is 15.1. The number of nitrogens with two attached hydrogens (primary N) is 1. The third-order valence-electron chi connectivity index (χ3n) is 9.20. The third-order valence-corrected chi connectivity index (χ3v) is 9.20. The van der Waals surface area contributed by atoms with Crippen LogP contribution in [0.1, 0.15) is 57.8 Å². The predicted molar refractivity (Wildman–Crippen MR) is 122 cm³/mol. The average Bonchev–Trinajstić information content (AvgIpc) is 3.03. The van der Waals surface area contributed by atoms with Crippen LogP contribution in [0.3, 0.4) is 0 Å². The highest BCUT2D eigenvalue weighted by Crippen LogP contribution is 2.60. The third kappa shape index (κ3) is 3.40. The summed E-state index contributed by atoms with van der Waals surface area (Å²) in [6, 6.07) is 8.48. The second-order valence-corrected chi connectivity index (χ2v) is 11.3. The van der Waals surface area contributed by atoms with E-state index >= 15 is 0 Å². The van der Waals surface area contributed by atoms with E-state index in [1.165, 1.54) is 57.1 Å². The Kier molecular flexibility index (Phi) is 4.86. The number of likely N-dealkylation sites (tertiary alicyclic amines) is 1. The van der Waals surface area contributed by atoms with Gasteiger partial charge in [0.15, 0.2) is 5.78 Å². The molecule has 5 nitrogen and oxygen atoms in total. The van der Waals surface area contributed by atoms with Crippen LogP contribution in [0.15, 0.2) is 24.3 Å². The van der Waals surface area contributed by atoms with Crippen LogP contribution in [-0.4, -0.2) is 30.0 Å². The highest BCUT2D eigenvalue weighted by Gasteiger charge is 2.54. The zero-order chi connectivity index (χ0) is 21.0. The van der Waals surface area contributed by atoms with Crippen molar-refractivity contribution in [1.29, 1.82) is 0 Å². The molecule has 5 aliphatic rings. The number of nitrogen functional groups attached to an aromatic ring is 1. The first-order valence-corrected chi connectivity index (χ1v) is 12.7. The molecule has 0 spiro atoms. The first kappa shape index (κ1) is 19.8. The van der Waals surface area contributed by atoms with Gasteiger partial charge in [0, 0.05) is 5.41 Å². The van der Waals surface area contributed by atoms with Crippen molar-refractivity contribution in [3.8, 4) is 0 Å². The maximum absolute atomic E-state index is 13.8. The number of fused-ring (bicyclic) bond motifs is 1. The van der Waals surface area contributed by atoms with Crippen LogP contribution in [-0.2, 0) is 17.9 Å². The van der Waals surface area contributed by atoms with Crippen LogP contribution >= 0.6 is 0 Å². The number of piperidine rings is 1. The Morgan fingerprint density at radius 3 is 2.35 bits per heavy atom. The summed E-state index contributed by atoms with van der Waals surface area (Å²) in [6.07, 6.45) is 11.6. The minimum atomic E-state index is -0.0602. The molecule has 1 aromatic carbocycles. The molecule has 2 aromatic rings. The lowest BCUT2D eigenvalue weighted by atomic mass is 9.48. The quantitative estimate of drug-likeness (QED) is 0.702. The Morgan fingerprint density at radius 1 is 1.03 bits per heavy atom. The van der Waals surface area contributed by atoms with Crippen LogP contribution in [0.5, 0.6) is 0 Å². The van der Waals surface area contributed by atoms with E-state index in [2.05, 4.69) is 33.4 Å². The van der Waals surface area contributed by atoms with Gasteiger partial charge < -0.3 is 4.90 Å². The lowest BCUT2D eigenvalue weighted by Gasteiger charge is -2.55. The lowest BCUT2D eigenvalue weighted by molar-refractivity contribution is -0.905. The number of Topliss-reactive ketones (excluding diaryl/α,β-unsaturated/α-hetero) is 1. The number of carbonyl (C=O) groups excluding carboxylic acids is 1. The van der Waals surface area contributed by atoms with Gasteiger partial charge in [0.05, 0.1) is 13.1 Å². The molecule has 4 aliphatic carbocycles. The summed E-state index contributed by atoms with van der Waals surface area (Å²) in [7, 11) is 0. The van der Waals surface area contributed by atoms with E-state index < -0.39 is 0 Å². The van der Waals surface area contributed by atoms with Crippen LogP contribution in [0.25, 0.3) is 11.0 Å². The van der Waals surface area contributed by atoms with Gasteiger partial charge in [-0.1, -0.05) is 12.1 Å². The Balaban J connectivity index is 1.27. The highest BCUT2D eigenvalue weighted by molar-refractivity contribution is 5.85. The van der Waals surface area contributed by atoms with Crippen LogP contribution in [0.2, 0.25) is 0 Å². The van der Waals surface area contributed by atoms with Gasteiger partial charge >= 0.3 is 5.95 Å². The highest BCUT2D eigenvalue weighted by atomic mass is 16.1. The zero-order valence-corrected chi connectivity index (χ0v) is 18.8. The number of quaternary nitrogens is 1. The number of para-hydroxylation sites is 2. The smallest absolute Gasteiger partial charge is 0.332 e. The first-order valence-electron chi connectivity index (χ1n) is 12.7. The van der Waals surface area contributed by atoms with E-state index in [1.54, 1.807) is 4.90 Å². The number of hydrogen-bond acceptors (Lipinski definition) is 2. The summed E-state index contributed by atoms with van der Waals surface area (Å²) in [4.78, 5) is 15.5. The van der Waals surface area contributed by atoms with Crippen LogP contribution in [0, 0.1) is 23.2 Å². The van der Waals surface area contributed by atoms with Crippen molar-refractivity contribution in [1.82, 2.24) is 4.57 Å². The van der Waals surface area contributed by atoms with Crippen molar-refractivity contribution in [3.05, 3.63) is 24.3 Å². The monoisotopic (exact) mass is 422 g/mol. The molecule has 31 heavy (non-hydrogen) atoms. The summed E-state index contributed by atoms with van der Waals surface area (Å²) < 4.78 is 4.39. The number of anilines is 1. The number of benzene rings is 1. The number of ketones is 1. The van der Waals surface area contributed by atoms with E-state index in [1.807, 2.05) is 0 Å². The number of carbonyl (C=O) groups is 1. The molecule has 0 unspecified atom stereocenters. The Morgan fingerprint density at radius 2 is 1.68 bits per heavy atom. The molecule has 1 aromatic heterocycles. The maximum atomic E-state index is 13.8. The number of nitrogens with one attached hydrogen (secondary N) is 1. The maximum Gasteiger partial charge on any atom is 0.356 e. The van der Waals surface area contributed by atoms with E-state index in [0.717, 1.165) is 61.6 Å².